The quantitative estimate of drug-likeness (QED) is 0.356. The molecule has 0 fully saturated rings. The Morgan fingerprint density at radius 2 is 1.76 bits per heavy atom. The molecule has 5 rings (SSSR count). The van der Waals surface area contributed by atoms with Gasteiger partial charge in [0.25, 0.3) is 0 Å². The van der Waals surface area contributed by atoms with Crippen LogP contribution in [0, 0.1) is 0 Å². The van der Waals surface area contributed by atoms with E-state index in [2.05, 4.69) is 16.0 Å². The van der Waals surface area contributed by atoms with Crippen LogP contribution in [0.2, 0.25) is 0 Å². The number of aromatic amines is 1. The minimum absolute atomic E-state index is 0.220. The van der Waals surface area contributed by atoms with Crippen LogP contribution in [0.1, 0.15) is 10.4 Å². The van der Waals surface area contributed by atoms with Crippen LogP contribution in [0.5, 0.6) is 0 Å². The van der Waals surface area contributed by atoms with Crippen molar-refractivity contribution in [3.63, 3.8) is 0 Å². The van der Waals surface area contributed by atoms with Crippen molar-refractivity contribution in [3.8, 4) is 11.1 Å². The molecule has 5 nitrogen and oxygen atoms in total. The minimum Gasteiger partial charge on any atom is -0.465 e. The van der Waals surface area contributed by atoms with Gasteiger partial charge in [-0.05, 0) is 39.2 Å². The molecule has 0 atom stereocenters. The molecular formula is C24H16N2O3. The van der Waals surface area contributed by atoms with Gasteiger partial charge in [-0.3, -0.25) is 9.78 Å². The van der Waals surface area contributed by atoms with Crippen molar-refractivity contribution in [3.05, 3.63) is 89.1 Å². The molecule has 3 aromatic carbocycles. The fourth-order valence-corrected chi connectivity index (χ4v) is 3.87. The number of hydrogen-bond acceptors (Lipinski definition) is 4. The second-order valence-electron chi connectivity index (χ2n) is 6.88. The Bertz CT molecular complexity index is 1480. The summed E-state index contributed by atoms with van der Waals surface area (Å²) in [6, 6.07) is 17.2. The fraction of sp³-hybridized carbons (Fsp3) is 0.0417. The van der Waals surface area contributed by atoms with Gasteiger partial charge in [-0.1, -0.05) is 36.4 Å². The minimum atomic E-state index is -0.434. The number of hydrogen-bond donors (Lipinski definition) is 1. The monoisotopic (exact) mass is 380 g/mol. The summed E-state index contributed by atoms with van der Waals surface area (Å²) in [5, 5.41) is 5.35. The number of carbonyl (C=O) groups is 1. The zero-order valence-corrected chi connectivity index (χ0v) is 15.6. The largest absolute Gasteiger partial charge is 0.465 e. The molecule has 5 aromatic rings. The van der Waals surface area contributed by atoms with E-state index in [0.717, 1.165) is 38.1 Å². The normalized spacial score (nSPS) is 11.2. The van der Waals surface area contributed by atoms with Gasteiger partial charge >= 0.3 is 5.97 Å². The van der Waals surface area contributed by atoms with Gasteiger partial charge in [0, 0.05) is 41.0 Å². The molecule has 0 unspecified atom stereocenters. The van der Waals surface area contributed by atoms with Crippen molar-refractivity contribution in [2.45, 2.75) is 0 Å². The molecule has 0 amide bonds. The van der Waals surface area contributed by atoms with E-state index in [4.69, 9.17) is 4.74 Å². The predicted molar refractivity (Wildman–Crippen MR) is 114 cm³/mol. The van der Waals surface area contributed by atoms with Gasteiger partial charge in [-0.15, -0.1) is 0 Å². The molecule has 0 aliphatic rings. The van der Waals surface area contributed by atoms with Crippen LogP contribution in [0.25, 0.3) is 43.4 Å². The highest BCUT2D eigenvalue weighted by molar-refractivity contribution is 6.17. The molecule has 0 saturated carbocycles. The number of ether oxygens (including phenoxy) is 1. The van der Waals surface area contributed by atoms with Crippen LogP contribution in [-0.2, 0) is 4.74 Å². The second-order valence-corrected chi connectivity index (χ2v) is 6.88. The molecule has 0 aliphatic carbocycles. The van der Waals surface area contributed by atoms with Crippen molar-refractivity contribution in [2.75, 3.05) is 7.11 Å². The predicted octanol–water partition coefficient (Wildman–Crippen LogP) is 4.68. The third kappa shape index (κ3) is 2.75. The summed E-state index contributed by atoms with van der Waals surface area (Å²) in [4.78, 5) is 31.3. The van der Waals surface area contributed by atoms with E-state index in [-0.39, 0.29) is 5.56 Å². The first kappa shape index (κ1) is 17.1. The first-order chi connectivity index (χ1) is 14.2. The van der Waals surface area contributed by atoms with Crippen molar-refractivity contribution in [2.24, 2.45) is 0 Å². The lowest BCUT2D eigenvalue weighted by Gasteiger charge is -2.12. The third-order valence-electron chi connectivity index (χ3n) is 5.24. The number of methoxy groups -OCH3 is 1. The van der Waals surface area contributed by atoms with E-state index >= 15 is 0 Å². The number of nitrogens with one attached hydrogen (secondary N) is 1. The molecule has 2 aromatic heterocycles. The Hall–Kier alpha value is -3.99. The Morgan fingerprint density at radius 1 is 0.897 bits per heavy atom. The third-order valence-corrected chi connectivity index (χ3v) is 5.24. The molecule has 5 heteroatoms. The summed E-state index contributed by atoms with van der Waals surface area (Å²) < 4.78 is 4.96. The summed E-state index contributed by atoms with van der Waals surface area (Å²) in [5.41, 5.74) is 2.20. The Morgan fingerprint density at radius 3 is 2.62 bits per heavy atom. The molecule has 0 aliphatic heterocycles. The van der Waals surface area contributed by atoms with Crippen molar-refractivity contribution in [1.29, 1.82) is 0 Å². The van der Waals surface area contributed by atoms with E-state index in [1.807, 2.05) is 48.8 Å². The van der Waals surface area contributed by atoms with E-state index in [0.29, 0.717) is 10.9 Å². The summed E-state index contributed by atoms with van der Waals surface area (Å²) in [6.45, 7) is 0. The van der Waals surface area contributed by atoms with Gasteiger partial charge in [-0.2, -0.15) is 0 Å². The maximum atomic E-state index is 12.4. The number of esters is 1. The standard InChI is InChI=1S/C24H16N2O3/c1-29-24(28)20-9-16-10-23(27)26-13-22(16)19-8-14(6-7-18(19)20)21-12-25-11-15-4-2-3-5-17(15)21/h2-13H,1H3,(H,26,27). The van der Waals surface area contributed by atoms with Gasteiger partial charge < -0.3 is 9.72 Å². The van der Waals surface area contributed by atoms with Gasteiger partial charge in [0.15, 0.2) is 0 Å². The molecular weight excluding hydrogens is 364 g/mol. The summed E-state index contributed by atoms with van der Waals surface area (Å²) >= 11 is 0. The lowest BCUT2D eigenvalue weighted by Crippen LogP contribution is -2.05. The zero-order valence-electron chi connectivity index (χ0n) is 15.6. The first-order valence-electron chi connectivity index (χ1n) is 9.16. The topological polar surface area (TPSA) is 72.1 Å². The number of benzene rings is 3. The van der Waals surface area contributed by atoms with Crippen molar-refractivity contribution < 1.29 is 9.53 Å². The van der Waals surface area contributed by atoms with Crippen molar-refractivity contribution in [1.82, 2.24) is 9.97 Å². The first-order valence-corrected chi connectivity index (χ1v) is 9.16. The van der Waals surface area contributed by atoms with E-state index < -0.39 is 5.97 Å². The Labute approximate surface area is 165 Å². The fourth-order valence-electron chi connectivity index (χ4n) is 3.87. The number of nitrogens with zero attached hydrogens (tertiary/aromatic N) is 1. The number of fused-ring (bicyclic) bond motifs is 4. The van der Waals surface area contributed by atoms with Gasteiger partial charge in [0.1, 0.15) is 0 Å². The van der Waals surface area contributed by atoms with Gasteiger partial charge in [-0.25, -0.2) is 4.79 Å². The maximum Gasteiger partial charge on any atom is 0.338 e. The average Bonchev–Trinajstić information content (AvgIpc) is 2.77. The van der Waals surface area contributed by atoms with Crippen LogP contribution in [0.4, 0.5) is 0 Å². The van der Waals surface area contributed by atoms with Crippen LogP contribution >= 0.6 is 0 Å². The van der Waals surface area contributed by atoms with Crippen LogP contribution in [0.15, 0.2) is 78.0 Å². The second kappa shape index (κ2) is 6.56. The Balaban J connectivity index is 1.87. The highest BCUT2D eigenvalue weighted by Crippen LogP contribution is 2.34. The molecule has 0 bridgehead atoms. The van der Waals surface area contributed by atoms with E-state index in [1.54, 1.807) is 12.3 Å². The zero-order chi connectivity index (χ0) is 20.0. The molecule has 0 spiro atoms. The van der Waals surface area contributed by atoms with E-state index in [1.165, 1.54) is 13.2 Å². The number of aromatic nitrogens is 2. The number of rotatable bonds is 2. The average molecular weight is 380 g/mol. The molecule has 140 valence electrons. The summed E-state index contributed by atoms with van der Waals surface area (Å²) in [6.07, 6.45) is 5.37. The number of pyridine rings is 2. The van der Waals surface area contributed by atoms with Crippen LogP contribution < -0.4 is 5.56 Å². The molecule has 2 heterocycles. The summed E-state index contributed by atoms with van der Waals surface area (Å²) in [5.74, 6) is -0.434. The lowest BCUT2D eigenvalue weighted by molar-refractivity contribution is 0.0603. The van der Waals surface area contributed by atoms with Crippen molar-refractivity contribution >= 4 is 38.3 Å². The van der Waals surface area contributed by atoms with Crippen LogP contribution in [0.3, 0.4) is 0 Å². The lowest BCUT2D eigenvalue weighted by atomic mass is 9.93. The SMILES string of the molecule is COC(=O)c1cc2cc(=O)[nH]cc2c2cc(-c3cncc4ccccc34)ccc12. The highest BCUT2D eigenvalue weighted by Gasteiger charge is 2.15. The number of carbonyl (C=O) groups excluding carboxylic acids is 1. The molecule has 0 radical (unpaired) electrons. The summed E-state index contributed by atoms with van der Waals surface area (Å²) in [7, 11) is 1.35. The van der Waals surface area contributed by atoms with Gasteiger partial charge in [0.05, 0.1) is 12.7 Å². The highest BCUT2D eigenvalue weighted by atomic mass is 16.5. The molecule has 0 saturated heterocycles. The smallest absolute Gasteiger partial charge is 0.338 e. The maximum absolute atomic E-state index is 12.4. The molecule has 29 heavy (non-hydrogen) atoms. The number of H-pyrrole nitrogens is 1. The van der Waals surface area contributed by atoms with Crippen LogP contribution in [-0.4, -0.2) is 23.0 Å². The van der Waals surface area contributed by atoms with Gasteiger partial charge in [0.2, 0.25) is 5.56 Å². The van der Waals surface area contributed by atoms with E-state index in [9.17, 15) is 9.59 Å². The Kier molecular flexibility index (Phi) is 3.88. The molecule has 1 N–H and O–H groups in total.